The molecule has 3 N–H and O–H groups in total. The summed E-state index contributed by atoms with van der Waals surface area (Å²) in [5.74, 6) is -0.675. The van der Waals surface area contributed by atoms with Crippen LogP contribution in [0, 0.1) is 5.92 Å². The summed E-state index contributed by atoms with van der Waals surface area (Å²) in [5.41, 5.74) is 4.32. The van der Waals surface area contributed by atoms with E-state index in [0.717, 1.165) is 53.6 Å². The SMILES string of the molecule is COC[C@H](NC(=O)CCc1ccc(/C(=C\C2CCCC2)c2ccc(C3CC3)c(=O)[nH]2)cc1Cl)C(=O)O. The average molecular weight is 513 g/mol. The number of ether oxygens (including phenoxy) is 1. The van der Waals surface area contributed by atoms with Crippen molar-refractivity contribution in [2.24, 2.45) is 5.92 Å². The van der Waals surface area contributed by atoms with Crippen LogP contribution in [0.1, 0.15) is 73.2 Å². The fraction of sp³-hybridized carbons (Fsp3) is 0.464. The molecule has 8 heteroatoms. The number of aliphatic carboxylic acids is 1. The molecule has 0 unspecified atom stereocenters. The molecule has 192 valence electrons. The van der Waals surface area contributed by atoms with E-state index < -0.39 is 12.0 Å². The second-order valence-corrected chi connectivity index (χ2v) is 10.2. The normalized spacial score (nSPS) is 17.2. The van der Waals surface area contributed by atoms with Crippen molar-refractivity contribution in [1.29, 1.82) is 0 Å². The smallest absolute Gasteiger partial charge is 0.328 e. The number of carbonyl (C=O) groups is 2. The minimum absolute atomic E-state index is 0.0193. The Morgan fingerprint density at radius 1 is 1.19 bits per heavy atom. The molecule has 4 rings (SSSR count). The highest BCUT2D eigenvalue weighted by Gasteiger charge is 2.26. The first-order valence-corrected chi connectivity index (χ1v) is 13.0. The summed E-state index contributed by atoms with van der Waals surface area (Å²) in [6, 6.07) is 8.62. The molecule has 1 heterocycles. The van der Waals surface area contributed by atoms with E-state index in [-0.39, 0.29) is 24.5 Å². The minimum Gasteiger partial charge on any atom is -0.480 e. The second kappa shape index (κ2) is 11.9. The maximum absolute atomic E-state index is 12.7. The molecule has 36 heavy (non-hydrogen) atoms. The third-order valence-electron chi connectivity index (χ3n) is 7.00. The van der Waals surface area contributed by atoms with Gasteiger partial charge in [-0.1, -0.05) is 48.7 Å². The van der Waals surface area contributed by atoms with Gasteiger partial charge < -0.3 is 20.1 Å². The van der Waals surface area contributed by atoms with E-state index in [0.29, 0.717) is 23.3 Å². The first-order valence-electron chi connectivity index (χ1n) is 12.6. The van der Waals surface area contributed by atoms with Gasteiger partial charge in [-0.05, 0) is 67.2 Å². The standard InChI is InChI=1S/C28H33ClN2O5/c1-36-16-25(28(34)35)30-26(32)13-10-19-8-9-20(15-23(19)29)22(14-17-4-2-3-5-17)24-12-11-21(18-6-7-18)27(33)31-24/h8-9,11-12,14-15,17-18,25H,2-7,10,13,16H2,1H3,(H,30,32)(H,31,33)(H,34,35)/b22-14+/t25-/m0/s1. The maximum atomic E-state index is 12.7. The molecular weight excluding hydrogens is 480 g/mol. The number of hydrogen-bond donors (Lipinski definition) is 3. The van der Waals surface area contributed by atoms with Gasteiger partial charge >= 0.3 is 5.97 Å². The van der Waals surface area contributed by atoms with Crippen molar-refractivity contribution in [2.75, 3.05) is 13.7 Å². The third kappa shape index (κ3) is 6.65. The number of pyridine rings is 1. The molecule has 1 amide bonds. The highest BCUT2D eigenvalue weighted by atomic mass is 35.5. The number of carboxylic acids is 1. The van der Waals surface area contributed by atoms with Crippen molar-refractivity contribution in [2.45, 2.75) is 63.3 Å². The summed E-state index contributed by atoms with van der Waals surface area (Å²) in [6.07, 6.45) is 9.57. The summed E-state index contributed by atoms with van der Waals surface area (Å²) in [7, 11) is 1.38. The van der Waals surface area contributed by atoms with Crippen molar-refractivity contribution in [3.63, 3.8) is 0 Å². The van der Waals surface area contributed by atoms with Crippen LogP contribution in [0.2, 0.25) is 5.02 Å². The van der Waals surface area contributed by atoms with Crippen molar-refractivity contribution in [3.8, 4) is 0 Å². The van der Waals surface area contributed by atoms with Crippen LogP contribution in [-0.4, -0.2) is 41.7 Å². The van der Waals surface area contributed by atoms with Crippen LogP contribution in [0.5, 0.6) is 0 Å². The monoisotopic (exact) mass is 512 g/mol. The Morgan fingerprint density at radius 2 is 1.94 bits per heavy atom. The number of amides is 1. The molecule has 0 bridgehead atoms. The summed E-state index contributed by atoms with van der Waals surface area (Å²) in [4.78, 5) is 39.3. The lowest BCUT2D eigenvalue weighted by Crippen LogP contribution is -2.43. The molecule has 1 aromatic heterocycles. The van der Waals surface area contributed by atoms with E-state index in [1.54, 1.807) is 0 Å². The number of aromatic amines is 1. The summed E-state index contributed by atoms with van der Waals surface area (Å²) < 4.78 is 4.85. The van der Waals surface area contributed by atoms with E-state index in [9.17, 15) is 19.5 Å². The van der Waals surface area contributed by atoms with Gasteiger partial charge in [0.15, 0.2) is 6.04 Å². The first kappa shape index (κ1) is 26.2. The predicted molar refractivity (Wildman–Crippen MR) is 139 cm³/mol. The molecule has 0 aliphatic heterocycles. The molecule has 0 saturated heterocycles. The number of carbonyl (C=O) groups excluding carboxylic acids is 1. The Morgan fingerprint density at radius 3 is 2.56 bits per heavy atom. The van der Waals surface area contributed by atoms with E-state index >= 15 is 0 Å². The van der Waals surface area contributed by atoms with E-state index in [2.05, 4.69) is 16.4 Å². The fourth-order valence-electron chi connectivity index (χ4n) is 4.83. The van der Waals surface area contributed by atoms with Gasteiger partial charge in [0.05, 0.1) is 6.61 Å². The molecule has 1 atom stereocenters. The largest absolute Gasteiger partial charge is 0.480 e. The number of carboxylic acid groups (broad SMARTS) is 1. The molecule has 0 spiro atoms. The molecule has 1 aromatic carbocycles. The van der Waals surface area contributed by atoms with Crippen LogP contribution in [0.4, 0.5) is 0 Å². The van der Waals surface area contributed by atoms with Crippen LogP contribution in [0.15, 0.2) is 41.2 Å². The van der Waals surface area contributed by atoms with E-state index in [1.165, 1.54) is 20.0 Å². The Hall–Kier alpha value is -2.90. The van der Waals surface area contributed by atoms with Gasteiger partial charge in [0.25, 0.3) is 5.56 Å². The number of aromatic nitrogens is 1. The number of hydrogen-bond acceptors (Lipinski definition) is 4. The topological polar surface area (TPSA) is 108 Å². The Bertz CT molecular complexity index is 1190. The quantitative estimate of drug-likeness (QED) is 0.405. The van der Waals surface area contributed by atoms with Crippen molar-refractivity contribution < 1.29 is 19.4 Å². The lowest BCUT2D eigenvalue weighted by molar-refractivity contribution is -0.143. The molecule has 2 aliphatic rings. The van der Waals surface area contributed by atoms with Crippen molar-refractivity contribution >= 4 is 29.1 Å². The molecular formula is C28H33ClN2O5. The van der Waals surface area contributed by atoms with Gasteiger partial charge in [-0.3, -0.25) is 9.59 Å². The van der Waals surface area contributed by atoms with Gasteiger partial charge in [0.2, 0.25) is 5.91 Å². The number of rotatable bonds is 11. The summed E-state index contributed by atoms with van der Waals surface area (Å²) in [5, 5.41) is 12.2. The molecule has 2 aromatic rings. The lowest BCUT2D eigenvalue weighted by Gasteiger charge is -2.15. The number of halogens is 1. The number of allylic oxidation sites excluding steroid dienone is 1. The molecule has 2 fully saturated rings. The van der Waals surface area contributed by atoms with Gasteiger partial charge in [0, 0.05) is 35.4 Å². The fourth-order valence-corrected chi connectivity index (χ4v) is 5.11. The predicted octanol–water partition coefficient (Wildman–Crippen LogP) is 4.68. The van der Waals surface area contributed by atoms with Crippen molar-refractivity contribution in [3.05, 3.63) is 74.2 Å². The summed E-state index contributed by atoms with van der Waals surface area (Å²) in [6.45, 7) is -0.101. The van der Waals surface area contributed by atoms with Crippen LogP contribution in [-0.2, 0) is 20.7 Å². The van der Waals surface area contributed by atoms with E-state index in [1.807, 2.05) is 30.3 Å². The molecule has 2 aliphatic carbocycles. The number of methoxy groups -OCH3 is 1. The highest BCUT2D eigenvalue weighted by molar-refractivity contribution is 6.31. The highest BCUT2D eigenvalue weighted by Crippen LogP contribution is 2.39. The van der Waals surface area contributed by atoms with Crippen LogP contribution in [0.3, 0.4) is 0 Å². The molecule has 0 radical (unpaired) electrons. The van der Waals surface area contributed by atoms with Crippen LogP contribution >= 0.6 is 11.6 Å². The van der Waals surface area contributed by atoms with Gasteiger partial charge in [-0.25, -0.2) is 4.79 Å². The second-order valence-electron chi connectivity index (χ2n) is 9.78. The van der Waals surface area contributed by atoms with Crippen LogP contribution < -0.4 is 10.9 Å². The molecule has 7 nitrogen and oxygen atoms in total. The van der Waals surface area contributed by atoms with Gasteiger partial charge in [-0.15, -0.1) is 0 Å². The zero-order valence-electron chi connectivity index (χ0n) is 20.5. The Kier molecular flexibility index (Phi) is 8.64. The number of aryl methyl sites for hydroxylation is 1. The van der Waals surface area contributed by atoms with E-state index in [4.69, 9.17) is 16.3 Å². The summed E-state index contributed by atoms with van der Waals surface area (Å²) >= 11 is 6.63. The number of nitrogens with one attached hydrogen (secondary N) is 2. The average Bonchev–Trinajstić information content (AvgIpc) is 3.56. The Balaban J connectivity index is 1.52. The molecule has 2 saturated carbocycles. The van der Waals surface area contributed by atoms with Crippen LogP contribution in [0.25, 0.3) is 5.57 Å². The first-order chi connectivity index (χ1) is 17.4. The van der Waals surface area contributed by atoms with Gasteiger partial charge in [-0.2, -0.15) is 0 Å². The third-order valence-corrected chi connectivity index (χ3v) is 7.35. The van der Waals surface area contributed by atoms with Crippen molar-refractivity contribution in [1.82, 2.24) is 10.3 Å². The number of H-pyrrole nitrogens is 1. The van der Waals surface area contributed by atoms with Gasteiger partial charge in [0.1, 0.15) is 0 Å². The zero-order valence-corrected chi connectivity index (χ0v) is 21.3. The minimum atomic E-state index is -1.14. The number of benzene rings is 1. The zero-order chi connectivity index (χ0) is 25.7. The maximum Gasteiger partial charge on any atom is 0.328 e. The Labute approximate surface area is 215 Å². The lowest BCUT2D eigenvalue weighted by atomic mass is 9.94.